The van der Waals surface area contributed by atoms with Crippen LogP contribution in [0.3, 0.4) is 0 Å². The fourth-order valence-electron chi connectivity index (χ4n) is 1.56. The minimum atomic E-state index is 1.29. The Kier molecular flexibility index (Phi) is 3.41. The van der Waals surface area contributed by atoms with Gasteiger partial charge >= 0.3 is 0 Å². The average molecular weight is 150 g/mol. The lowest BCUT2D eigenvalue weighted by atomic mass is 10.0. The van der Waals surface area contributed by atoms with E-state index in [0.29, 0.717) is 0 Å². The van der Waals surface area contributed by atoms with Gasteiger partial charge in [0.05, 0.1) is 0 Å². The second kappa shape index (κ2) is 4.38. The Labute approximate surface area is 70.0 Å². The molecule has 0 heterocycles. The van der Waals surface area contributed by atoms with E-state index >= 15 is 0 Å². The van der Waals surface area contributed by atoms with E-state index in [2.05, 4.69) is 26.0 Å². The fourth-order valence-corrected chi connectivity index (χ4v) is 1.56. The highest BCUT2D eigenvalue weighted by atomic mass is 14.1. The van der Waals surface area contributed by atoms with Crippen molar-refractivity contribution in [2.45, 2.75) is 46.0 Å². The molecule has 0 aromatic rings. The molecule has 0 atom stereocenters. The van der Waals surface area contributed by atoms with E-state index in [4.69, 9.17) is 0 Å². The van der Waals surface area contributed by atoms with Crippen LogP contribution < -0.4 is 0 Å². The standard InChI is InChI=1S/C11H18/c1-3-10(2)11-8-6-4-5-7-9-11/h3,8H,4-7,9H2,1-2H3/b10-3+. The quantitative estimate of drug-likeness (QED) is 0.532. The van der Waals surface area contributed by atoms with Crippen LogP contribution in [0.15, 0.2) is 23.3 Å². The molecule has 1 aliphatic rings. The second-order valence-electron chi connectivity index (χ2n) is 3.30. The van der Waals surface area contributed by atoms with Crippen molar-refractivity contribution in [3.63, 3.8) is 0 Å². The zero-order valence-electron chi connectivity index (χ0n) is 7.69. The van der Waals surface area contributed by atoms with E-state index in [1.807, 2.05) is 0 Å². The summed E-state index contributed by atoms with van der Waals surface area (Å²) >= 11 is 0. The number of hydrogen-bond acceptors (Lipinski definition) is 0. The highest BCUT2D eigenvalue weighted by Gasteiger charge is 2.02. The monoisotopic (exact) mass is 150 g/mol. The molecule has 0 nitrogen and oxygen atoms in total. The largest absolute Gasteiger partial charge is 0.0845 e. The Hall–Kier alpha value is -0.520. The fraction of sp³-hybridized carbons (Fsp3) is 0.636. The smallest absolute Gasteiger partial charge is 0.0280 e. The number of hydrogen-bond donors (Lipinski definition) is 0. The summed E-state index contributed by atoms with van der Waals surface area (Å²) in [5.74, 6) is 0. The molecule has 0 heteroatoms. The summed E-state index contributed by atoms with van der Waals surface area (Å²) < 4.78 is 0. The van der Waals surface area contributed by atoms with Crippen molar-refractivity contribution in [3.05, 3.63) is 23.3 Å². The molecular formula is C11H18. The van der Waals surface area contributed by atoms with Crippen molar-refractivity contribution >= 4 is 0 Å². The third kappa shape index (κ3) is 2.53. The molecule has 0 aliphatic heterocycles. The van der Waals surface area contributed by atoms with Crippen LogP contribution in [0.4, 0.5) is 0 Å². The Morgan fingerprint density at radius 2 is 2.18 bits per heavy atom. The van der Waals surface area contributed by atoms with Gasteiger partial charge in [0.2, 0.25) is 0 Å². The van der Waals surface area contributed by atoms with E-state index in [0.717, 1.165) is 0 Å². The molecule has 0 fully saturated rings. The van der Waals surface area contributed by atoms with Gasteiger partial charge in [-0.2, -0.15) is 0 Å². The minimum Gasteiger partial charge on any atom is -0.0845 e. The second-order valence-corrected chi connectivity index (χ2v) is 3.30. The van der Waals surface area contributed by atoms with Gasteiger partial charge in [-0.25, -0.2) is 0 Å². The molecule has 0 saturated carbocycles. The summed E-state index contributed by atoms with van der Waals surface area (Å²) in [6, 6.07) is 0. The van der Waals surface area contributed by atoms with E-state index < -0.39 is 0 Å². The first-order valence-electron chi connectivity index (χ1n) is 4.67. The van der Waals surface area contributed by atoms with Gasteiger partial charge in [-0.1, -0.05) is 24.1 Å². The van der Waals surface area contributed by atoms with Crippen LogP contribution in [0.5, 0.6) is 0 Å². The van der Waals surface area contributed by atoms with Crippen LogP contribution in [0.1, 0.15) is 46.0 Å². The Morgan fingerprint density at radius 1 is 1.36 bits per heavy atom. The van der Waals surface area contributed by atoms with Crippen molar-refractivity contribution in [2.24, 2.45) is 0 Å². The zero-order chi connectivity index (χ0) is 8.10. The first-order valence-corrected chi connectivity index (χ1v) is 4.67. The van der Waals surface area contributed by atoms with Crippen molar-refractivity contribution < 1.29 is 0 Å². The Balaban J connectivity index is 2.60. The molecule has 1 rings (SSSR count). The molecule has 1 aliphatic carbocycles. The molecule has 0 aromatic carbocycles. The average Bonchev–Trinajstić information content (AvgIpc) is 2.30. The van der Waals surface area contributed by atoms with Gasteiger partial charge in [-0.15, -0.1) is 0 Å². The highest BCUT2D eigenvalue weighted by molar-refractivity contribution is 5.28. The summed E-state index contributed by atoms with van der Waals surface area (Å²) in [6.45, 7) is 4.35. The molecule has 0 spiro atoms. The van der Waals surface area contributed by atoms with E-state index in [1.54, 1.807) is 5.57 Å². The summed E-state index contributed by atoms with van der Waals surface area (Å²) in [6.07, 6.45) is 11.4. The number of allylic oxidation sites excluding steroid dienone is 4. The maximum Gasteiger partial charge on any atom is -0.0280 e. The molecule has 0 amide bonds. The van der Waals surface area contributed by atoms with Crippen LogP contribution in [-0.4, -0.2) is 0 Å². The van der Waals surface area contributed by atoms with Crippen molar-refractivity contribution in [1.29, 1.82) is 0 Å². The predicted molar refractivity (Wildman–Crippen MR) is 50.6 cm³/mol. The van der Waals surface area contributed by atoms with Gasteiger partial charge in [0.1, 0.15) is 0 Å². The lowest BCUT2D eigenvalue weighted by molar-refractivity contribution is 0.712. The molecule has 62 valence electrons. The van der Waals surface area contributed by atoms with Crippen molar-refractivity contribution in [1.82, 2.24) is 0 Å². The molecule has 0 N–H and O–H groups in total. The molecule has 0 bridgehead atoms. The molecule has 0 unspecified atom stereocenters. The third-order valence-electron chi connectivity index (χ3n) is 2.48. The Morgan fingerprint density at radius 3 is 2.91 bits per heavy atom. The summed E-state index contributed by atoms with van der Waals surface area (Å²) in [7, 11) is 0. The topological polar surface area (TPSA) is 0 Å². The summed E-state index contributed by atoms with van der Waals surface area (Å²) in [5.41, 5.74) is 3.07. The van der Waals surface area contributed by atoms with Crippen LogP contribution in [0.2, 0.25) is 0 Å². The van der Waals surface area contributed by atoms with Crippen molar-refractivity contribution in [2.75, 3.05) is 0 Å². The summed E-state index contributed by atoms with van der Waals surface area (Å²) in [4.78, 5) is 0. The molecular weight excluding hydrogens is 132 g/mol. The van der Waals surface area contributed by atoms with Crippen LogP contribution >= 0.6 is 0 Å². The van der Waals surface area contributed by atoms with Crippen LogP contribution in [0, 0.1) is 0 Å². The molecule has 0 aromatic heterocycles. The maximum absolute atomic E-state index is 2.42. The first-order chi connectivity index (χ1) is 5.34. The van der Waals surface area contributed by atoms with Gasteiger partial charge in [-0.05, 0) is 45.1 Å². The molecule has 11 heavy (non-hydrogen) atoms. The van der Waals surface area contributed by atoms with Crippen molar-refractivity contribution in [3.8, 4) is 0 Å². The highest BCUT2D eigenvalue weighted by Crippen LogP contribution is 2.22. The van der Waals surface area contributed by atoms with E-state index in [9.17, 15) is 0 Å². The third-order valence-corrected chi connectivity index (χ3v) is 2.48. The Bertz CT molecular complexity index is 172. The zero-order valence-corrected chi connectivity index (χ0v) is 7.69. The molecule has 0 saturated heterocycles. The SMILES string of the molecule is C/C=C(\C)C1=CCCCCC1. The van der Waals surface area contributed by atoms with Crippen LogP contribution in [0.25, 0.3) is 0 Å². The van der Waals surface area contributed by atoms with Gasteiger partial charge in [0.15, 0.2) is 0 Å². The molecule has 0 radical (unpaired) electrons. The van der Waals surface area contributed by atoms with E-state index in [-0.39, 0.29) is 0 Å². The van der Waals surface area contributed by atoms with Gasteiger partial charge in [0.25, 0.3) is 0 Å². The van der Waals surface area contributed by atoms with E-state index in [1.165, 1.54) is 37.7 Å². The number of rotatable bonds is 1. The van der Waals surface area contributed by atoms with Crippen LogP contribution in [-0.2, 0) is 0 Å². The predicted octanol–water partition coefficient (Wildman–Crippen LogP) is 3.84. The minimum absolute atomic E-state index is 1.29. The van der Waals surface area contributed by atoms with Gasteiger partial charge in [0, 0.05) is 0 Å². The first kappa shape index (κ1) is 8.58. The summed E-state index contributed by atoms with van der Waals surface area (Å²) in [5, 5.41) is 0. The normalized spacial score (nSPS) is 20.9. The van der Waals surface area contributed by atoms with Gasteiger partial charge < -0.3 is 0 Å². The maximum atomic E-state index is 2.42. The van der Waals surface area contributed by atoms with Gasteiger partial charge in [-0.3, -0.25) is 0 Å². The lowest BCUT2D eigenvalue weighted by Gasteiger charge is -2.03. The lowest BCUT2D eigenvalue weighted by Crippen LogP contribution is -1.83.